The summed E-state index contributed by atoms with van der Waals surface area (Å²) in [6.45, 7) is 7.33. The summed E-state index contributed by atoms with van der Waals surface area (Å²) in [5, 5.41) is 1.03. The van der Waals surface area contributed by atoms with Crippen molar-refractivity contribution in [2.75, 3.05) is 13.1 Å². The number of piperidine rings is 1. The highest BCUT2D eigenvalue weighted by Gasteiger charge is 2.17. The molecule has 0 aliphatic carbocycles. The summed E-state index contributed by atoms with van der Waals surface area (Å²) in [5.74, 6) is 0. The summed E-state index contributed by atoms with van der Waals surface area (Å²) in [7, 11) is 0. The summed E-state index contributed by atoms with van der Waals surface area (Å²) in [6.07, 6.45) is 6.63. The Morgan fingerprint density at radius 2 is 2.16 bits per heavy atom. The molecule has 2 aromatic heterocycles. The lowest BCUT2D eigenvalue weighted by molar-refractivity contribution is 0.156. The molecule has 0 spiro atoms. The van der Waals surface area contributed by atoms with Gasteiger partial charge in [0.1, 0.15) is 11.0 Å². The van der Waals surface area contributed by atoms with Crippen LogP contribution in [0.3, 0.4) is 0 Å². The van der Waals surface area contributed by atoms with E-state index in [0.717, 1.165) is 35.9 Å². The van der Waals surface area contributed by atoms with Gasteiger partial charge in [0.05, 0.1) is 6.33 Å². The maximum Gasteiger partial charge on any atom is 0.277 e. The molecule has 1 aliphatic heterocycles. The molecule has 5 heteroatoms. The molecule has 1 fully saturated rings. The van der Waals surface area contributed by atoms with Gasteiger partial charge in [-0.25, -0.2) is 4.98 Å². The number of aryl methyl sites for hydroxylation is 2. The molecule has 1 saturated heterocycles. The van der Waals surface area contributed by atoms with Crippen LogP contribution in [-0.4, -0.2) is 38.6 Å². The first-order chi connectivity index (χ1) is 12.1. The molecule has 1 N–H and O–H groups in total. The molecule has 0 saturated carbocycles. The number of rotatable bonds is 4. The van der Waals surface area contributed by atoms with E-state index in [0.29, 0.717) is 11.6 Å². The minimum Gasteiger partial charge on any atom is -0.349 e. The number of nitrogens with zero attached hydrogens (tertiary/aromatic N) is 3. The fraction of sp³-hybridized carbons (Fsp3) is 0.500. The van der Waals surface area contributed by atoms with Crippen molar-refractivity contribution in [3.63, 3.8) is 0 Å². The fourth-order valence-electron chi connectivity index (χ4n) is 4.00. The Hall–Kier alpha value is -2.14. The lowest BCUT2D eigenvalue weighted by Gasteiger charge is -2.33. The monoisotopic (exact) mass is 338 g/mol. The summed E-state index contributed by atoms with van der Waals surface area (Å²) in [6, 6.07) is 6.83. The van der Waals surface area contributed by atoms with Crippen LogP contribution in [0.15, 0.2) is 29.3 Å². The predicted molar refractivity (Wildman–Crippen MR) is 102 cm³/mol. The van der Waals surface area contributed by atoms with Crippen LogP contribution in [0.4, 0.5) is 0 Å². The zero-order valence-corrected chi connectivity index (χ0v) is 15.1. The second kappa shape index (κ2) is 6.64. The number of benzene rings is 1. The molecule has 4 rings (SSSR count). The van der Waals surface area contributed by atoms with Gasteiger partial charge in [-0.1, -0.05) is 18.1 Å². The lowest BCUT2D eigenvalue weighted by Crippen LogP contribution is -2.38. The average molecular weight is 338 g/mol. The number of likely N-dealkylation sites (tertiary alicyclic amines) is 1. The van der Waals surface area contributed by atoms with Crippen molar-refractivity contribution in [2.24, 2.45) is 0 Å². The van der Waals surface area contributed by atoms with E-state index < -0.39 is 0 Å². The molecule has 1 atom stereocenters. The van der Waals surface area contributed by atoms with E-state index in [1.165, 1.54) is 31.4 Å². The largest absolute Gasteiger partial charge is 0.349 e. The van der Waals surface area contributed by atoms with Gasteiger partial charge in [-0.05, 0) is 51.8 Å². The average Bonchev–Trinajstić information content (AvgIpc) is 2.97. The number of fused-ring (bicyclic) bond motifs is 3. The van der Waals surface area contributed by atoms with Crippen molar-refractivity contribution in [3.05, 3.63) is 40.4 Å². The summed E-state index contributed by atoms with van der Waals surface area (Å²) >= 11 is 0. The van der Waals surface area contributed by atoms with Gasteiger partial charge >= 0.3 is 0 Å². The summed E-state index contributed by atoms with van der Waals surface area (Å²) in [4.78, 5) is 23.2. The van der Waals surface area contributed by atoms with Crippen molar-refractivity contribution < 1.29 is 0 Å². The van der Waals surface area contributed by atoms with Gasteiger partial charge in [-0.3, -0.25) is 9.36 Å². The van der Waals surface area contributed by atoms with Crippen molar-refractivity contribution >= 4 is 21.9 Å². The van der Waals surface area contributed by atoms with Gasteiger partial charge in [0, 0.05) is 30.0 Å². The minimum atomic E-state index is 0.0329. The lowest BCUT2D eigenvalue weighted by atomic mass is 10.0. The highest BCUT2D eigenvalue weighted by molar-refractivity contribution is 6.04. The third-order valence-corrected chi connectivity index (χ3v) is 5.51. The molecule has 0 radical (unpaired) electrons. The third-order valence-electron chi connectivity index (χ3n) is 5.51. The molecule has 1 aromatic carbocycles. The molecule has 5 nitrogen and oxygen atoms in total. The predicted octanol–water partition coefficient (Wildman–Crippen LogP) is 3.45. The van der Waals surface area contributed by atoms with Gasteiger partial charge in [-0.15, -0.1) is 0 Å². The fourth-order valence-corrected chi connectivity index (χ4v) is 4.00. The van der Waals surface area contributed by atoms with Gasteiger partial charge in [0.25, 0.3) is 5.56 Å². The summed E-state index contributed by atoms with van der Waals surface area (Å²) < 4.78 is 1.75. The SMILES string of the molecule is Cc1ccc2[nH]c3c(=O)n(CCCN4CCCCC4C)cnc3c2c1. The van der Waals surface area contributed by atoms with Gasteiger partial charge in [0.15, 0.2) is 0 Å². The van der Waals surface area contributed by atoms with Gasteiger partial charge in [-0.2, -0.15) is 0 Å². The third kappa shape index (κ3) is 3.09. The van der Waals surface area contributed by atoms with Crippen molar-refractivity contribution in [1.29, 1.82) is 0 Å². The second-order valence-electron chi connectivity index (χ2n) is 7.38. The van der Waals surface area contributed by atoms with E-state index >= 15 is 0 Å². The Bertz CT molecular complexity index is 955. The normalized spacial score (nSPS) is 19.0. The van der Waals surface area contributed by atoms with Crippen LogP contribution < -0.4 is 5.56 Å². The molecule has 25 heavy (non-hydrogen) atoms. The van der Waals surface area contributed by atoms with Gasteiger partial charge in [0.2, 0.25) is 0 Å². The number of aromatic nitrogens is 3. The summed E-state index contributed by atoms with van der Waals surface area (Å²) in [5.41, 5.74) is 3.59. The second-order valence-corrected chi connectivity index (χ2v) is 7.38. The highest BCUT2D eigenvalue weighted by Crippen LogP contribution is 2.22. The van der Waals surface area contributed by atoms with E-state index in [2.05, 4.69) is 40.8 Å². The maximum atomic E-state index is 12.8. The Morgan fingerprint density at radius 3 is 3.00 bits per heavy atom. The van der Waals surface area contributed by atoms with Crippen LogP contribution in [0.2, 0.25) is 0 Å². The van der Waals surface area contributed by atoms with E-state index in [4.69, 9.17) is 0 Å². The first kappa shape index (κ1) is 16.3. The topological polar surface area (TPSA) is 53.9 Å². The number of hydrogen-bond acceptors (Lipinski definition) is 3. The van der Waals surface area contributed by atoms with Crippen LogP contribution in [0.5, 0.6) is 0 Å². The van der Waals surface area contributed by atoms with Crippen molar-refractivity contribution in [1.82, 2.24) is 19.4 Å². The Labute approximate surface area is 147 Å². The van der Waals surface area contributed by atoms with Crippen LogP contribution >= 0.6 is 0 Å². The van der Waals surface area contributed by atoms with E-state index in [9.17, 15) is 4.79 Å². The molecule has 0 bridgehead atoms. The van der Waals surface area contributed by atoms with Crippen LogP contribution in [-0.2, 0) is 6.54 Å². The first-order valence-electron chi connectivity index (χ1n) is 9.35. The number of hydrogen-bond donors (Lipinski definition) is 1. The molecular formula is C20H26N4O. The van der Waals surface area contributed by atoms with E-state index in [-0.39, 0.29) is 5.56 Å². The van der Waals surface area contributed by atoms with Crippen LogP contribution in [0, 0.1) is 6.92 Å². The molecular weight excluding hydrogens is 312 g/mol. The standard InChI is InChI=1S/C20H26N4O/c1-14-7-8-17-16(12-14)18-19(22-17)20(25)24(13-21-18)11-5-10-23-9-4-3-6-15(23)2/h7-8,12-13,15,22H,3-6,9-11H2,1-2H3. The number of nitrogens with one attached hydrogen (secondary N) is 1. The number of aromatic amines is 1. The van der Waals surface area contributed by atoms with Crippen LogP contribution in [0.25, 0.3) is 21.9 Å². The van der Waals surface area contributed by atoms with Crippen molar-refractivity contribution in [2.45, 2.75) is 52.1 Å². The first-order valence-corrected chi connectivity index (χ1v) is 9.35. The van der Waals surface area contributed by atoms with E-state index in [1.807, 2.05) is 6.07 Å². The molecule has 3 aromatic rings. The quantitative estimate of drug-likeness (QED) is 0.793. The zero-order valence-electron chi connectivity index (χ0n) is 15.1. The Morgan fingerprint density at radius 1 is 1.28 bits per heavy atom. The smallest absolute Gasteiger partial charge is 0.277 e. The highest BCUT2D eigenvalue weighted by atomic mass is 16.1. The minimum absolute atomic E-state index is 0.0329. The Balaban J connectivity index is 1.55. The van der Waals surface area contributed by atoms with Crippen molar-refractivity contribution in [3.8, 4) is 0 Å². The van der Waals surface area contributed by atoms with E-state index in [1.54, 1.807) is 10.9 Å². The molecule has 132 valence electrons. The van der Waals surface area contributed by atoms with Crippen LogP contribution in [0.1, 0.15) is 38.2 Å². The maximum absolute atomic E-state index is 12.8. The molecule has 3 heterocycles. The molecule has 0 amide bonds. The molecule has 1 aliphatic rings. The molecule has 1 unspecified atom stereocenters. The van der Waals surface area contributed by atoms with Gasteiger partial charge < -0.3 is 9.88 Å². The number of H-pyrrole nitrogens is 1. The Kier molecular flexibility index (Phi) is 4.34. The zero-order chi connectivity index (χ0) is 17.4.